The van der Waals surface area contributed by atoms with Crippen LogP contribution in [0.25, 0.3) is 0 Å². The molecule has 2 N–H and O–H groups in total. The van der Waals surface area contributed by atoms with E-state index in [0.717, 1.165) is 25.7 Å². The van der Waals surface area contributed by atoms with Gasteiger partial charge in [-0.3, -0.25) is 4.79 Å². The average molecular weight is 247 g/mol. The zero-order chi connectivity index (χ0) is 13.2. The second kappa shape index (κ2) is 4.80. The third-order valence-corrected chi connectivity index (χ3v) is 3.62. The molecule has 0 radical (unpaired) electrons. The molecular formula is C14H17NO3. The van der Waals surface area contributed by atoms with Crippen LogP contribution in [0.4, 0.5) is 5.69 Å². The number of nitrogens with one attached hydrogen (secondary N) is 1. The van der Waals surface area contributed by atoms with Gasteiger partial charge in [0.2, 0.25) is 5.91 Å². The third-order valence-electron chi connectivity index (χ3n) is 3.62. The molecule has 1 aromatic carbocycles. The van der Waals surface area contributed by atoms with E-state index >= 15 is 0 Å². The minimum Gasteiger partial charge on any atom is -0.478 e. The normalized spacial score (nSPS) is 17.4. The van der Waals surface area contributed by atoms with E-state index in [0.29, 0.717) is 5.69 Å². The first-order valence-corrected chi connectivity index (χ1v) is 6.16. The molecule has 0 spiro atoms. The van der Waals surface area contributed by atoms with Crippen LogP contribution in [-0.4, -0.2) is 17.0 Å². The molecule has 1 aromatic rings. The Morgan fingerprint density at radius 1 is 1.28 bits per heavy atom. The number of carbonyl (C=O) groups excluding carboxylic acids is 1. The van der Waals surface area contributed by atoms with E-state index in [4.69, 9.17) is 5.11 Å². The first-order chi connectivity index (χ1) is 8.51. The SMILES string of the molecule is CC1(C(=O)Nc2cccc(C(=O)O)c2)CCCC1. The Hall–Kier alpha value is -1.84. The molecule has 1 fully saturated rings. The van der Waals surface area contributed by atoms with Crippen molar-refractivity contribution in [1.29, 1.82) is 0 Å². The summed E-state index contributed by atoms with van der Waals surface area (Å²) in [7, 11) is 0. The van der Waals surface area contributed by atoms with Gasteiger partial charge in [-0.15, -0.1) is 0 Å². The van der Waals surface area contributed by atoms with Crippen molar-refractivity contribution in [3.05, 3.63) is 29.8 Å². The number of rotatable bonds is 3. The highest BCUT2D eigenvalue weighted by Gasteiger charge is 2.36. The lowest BCUT2D eigenvalue weighted by atomic mass is 9.88. The van der Waals surface area contributed by atoms with Crippen LogP contribution in [-0.2, 0) is 4.79 Å². The Kier molecular flexibility index (Phi) is 3.36. The van der Waals surface area contributed by atoms with Gasteiger partial charge in [-0.25, -0.2) is 4.79 Å². The molecular weight excluding hydrogens is 230 g/mol. The maximum Gasteiger partial charge on any atom is 0.335 e. The van der Waals surface area contributed by atoms with Gasteiger partial charge < -0.3 is 10.4 Å². The van der Waals surface area contributed by atoms with E-state index in [-0.39, 0.29) is 16.9 Å². The highest BCUT2D eigenvalue weighted by molar-refractivity contribution is 5.96. The van der Waals surface area contributed by atoms with Gasteiger partial charge in [-0.2, -0.15) is 0 Å². The summed E-state index contributed by atoms with van der Waals surface area (Å²) in [4.78, 5) is 23.0. The van der Waals surface area contributed by atoms with Gasteiger partial charge in [0.1, 0.15) is 0 Å². The van der Waals surface area contributed by atoms with Crippen LogP contribution in [0.5, 0.6) is 0 Å². The summed E-state index contributed by atoms with van der Waals surface area (Å²) in [6.07, 6.45) is 3.97. The van der Waals surface area contributed by atoms with Gasteiger partial charge in [0.15, 0.2) is 0 Å². The molecule has 0 bridgehead atoms. The zero-order valence-corrected chi connectivity index (χ0v) is 10.4. The first kappa shape index (κ1) is 12.6. The van der Waals surface area contributed by atoms with Crippen molar-refractivity contribution < 1.29 is 14.7 Å². The summed E-state index contributed by atoms with van der Waals surface area (Å²) < 4.78 is 0. The Balaban J connectivity index is 2.11. The molecule has 2 rings (SSSR count). The van der Waals surface area contributed by atoms with Gasteiger partial charge >= 0.3 is 5.97 Å². The Morgan fingerprint density at radius 3 is 2.56 bits per heavy atom. The van der Waals surface area contributed by atoms with Crippen molar-refractivity contribution in [1.82, 2.24) is 0 Å². The molecule has 4 heteroatoms. The molecule has 4 nitrogen and oxygen atoms in total. The molecule has 1 saturated carbocycles. The van der Waals surface area contributed by atoms with Crippen molar-refractivity contribution in [3.63, 3.8) is 0 Å². The van der Waals surface area contributed by atoms with Gasteiger partial charge in [0.05, 0.1) is 5.56 Å². The molecule has 0 unspecified atom stereocenters. The molecule has 1 amide bonds. The highest BCUT2D eigenvalue weighted by Crippen LogP contribution is 2.38. The second-order valence-electron chi connectivity index (χ2n) is 5.11. The topological polar surface area (TPSA) is 66.4 Å². The van der Waals surface area contributed by atoms with Gasteiger partial charge in [0.25, 0.3) is 0 Å². The zero-order valence-electron chi connectivity index (χ0n) is 10.4. The summed E-state index contributed by atoms with van der Waals surface area (Å²) in [6.45, 7) is 1.97. The second-order valence-corrected chi connectivity index (χ2v) is 5.11. The summed E-state index contributed by atoms with van der Waals surface area (Å²) in [5, 5.41) is 11.7. The van der Waals surface area contributed by atoms with Crippen LogP contribution in [0.2, 0.25) is 0 Å². The lowest BCUT2D eigenvalue weighted by molar-refractivity contribution is -0.124. The number of amides is 1. The van der Waals surface area contributed by atoms with Gasteiger partial charge in [-0.05, 0) is 31.0 Å². The quantitative estimate of drug-likeness (QED) is 0.863. The lowest BCUT2D eigenvalue weighted by Gasteiger charge is -2.22. The fourth-order valence-corrected chi connectivity index (χ4v) is 2.39. The average Bonchev–Trinajstić information content (AvgIpc) is 2.78. The number of anilines is 1. The predicted octanol–water partition coefficient (Wildman–Crippen LogP) is 2.90. The van der Waals surface area contributed by atoms with Crippen molar-refractivity contribution >= 4 is 17.6 Å². The van der Waals surface area contributed by atoms with Crippen LogP contribution in [0, 0.1) is 5.41 Å². The molecule has 18 heavy (non-hydrogen) atoms. The molecule has 96 valence electrons. The summed E-state index contributed by atoms with van der Waals surface area (Å²) >= 11 is 0. The number of carboxylic acids is 1. The standard InChI is InChI=1S/C14H17NO3/c1-14(7-2-3-8-14)13(18)15-11-6-4-5-10(9-11)12(16)17/h4-6,9H,2-3,7-8H2,1H3,(H,15,18)(H,16,17). The van der Waals surface area contributed by atoms with Crippen molar-refractivity contribution in [2.75, 3.05) is 5.32 Å². The van der Waals surface area contributed by atoms with E-state index < -0.39 is 5.97 Å². The number of aromatic carboxylic acids is 1. The fraction of sp³-hybridized carbons (Fsp3) is 0.429. The number of carbonyl (C=O) groups is 2. The van der Waals surface area contributed by atoms with E-state index in [2.05, 4.69) is 5.32 Å². The summed E-state index contributed by atoms with van der Waals surface area (Å²) in [5.74, 6) is -0.999. The minimum absolute atomic E-state index is 0.0115. The molecule has 0 heterocycles. The first-order valence-electron chi connectivity index (χ1n) is 6.16. The predicted molar refractivity (Wildman–Crippen MR) is 68.6 cm³/mol. The Bertz CT molecular complexity index is 476. The summed E-state index contributed by atoms with van der Waals surface area (Å²) in [6, 6.07) is 6.34. The third kappa shape index (κ3) is 2.53. The van der Waals surface area contributed by atoms with E-state index in [1.54, 1.807) is 12.1 Å². The van der Waals surface area contributed by atoms with Crippen LogP contribution in [0.15, 0.2) is 24.3 Å². The van der Waals surface area contributed by atoms with Crippen LogP contribution >= 0.6 is 0 Å². The number of hydrogen-bond acceptors (Lipinski definition) is 2. The fourth-order valence-electron chi connectivity index (χ4n) is 2.39. The Morgan fingerprint density at radius 2 is 1.94 bits per heavy atom. The summed E-state index contributed by atoms with van der Waals surface area (Å²) in [5.41, 5.74) is 0.427. The van der Waals surface area contributed by atoms with E-state index in [1.165, 1.54) is 12.1 Å². The number of benzene rings is 1. The smallest absolute Gasteiger partial charge is 0.335 e. The van der Waals surface area contributed by atoms with E-state index in [1.807, 2.05) is 6.92 Å². The van der Waals surface area contributed by atoms with Crippen LogP contribution in [0.3, 0.4) is 0 Å². The number of carboxylic acid groups (broad SMARTS) is 1. The van der Waals surface area contributed by atoms with Crippen LogP contribution in [0.1, 0.15) is 43.0 Å². The molecule has 0 saturated heterocycles. The molecule has 1 aliphatic carbocycles. The lowest BCUT2D eigenvalue weighted by Crippen LogP contribution is -2.30. The maximum absolute atomic E-state index is 12.2. The maximum atomic E-state index is 12.2. The molecule has 1 aliphatic rings. The number of hydrogen-bond donors (Lipinski definition) is 2. The minimum atomic E-state index is -0.988. The van der Waals surface area contributed by atoms with Crippen molar-refractivity contribution in [3.8, 4) is 0 Å². The van der Waals surface area contributed by atoms with Crippen molar-refractivity contribution in [2.24, 2.45) is 5.41 Å². The van der Waals surface area contributed by atoms with Crippen LogP contribution < -0.4 is 5.32 Å². The van der Waals surface area contributed by atoms with Gasteiger partial charge in [0, 0.05) is 11.1 Å². The molecule has 0 atom stereocenters. The highest BCUT2D eigenvalue weighted by atomic mass is 16.4. The monoisotopic (exact) mass is 247 g/mol. The molecule has 0 aromatic heterocycles. The van der Waals surface area contributed by atoms with E-state index in [9.17, 15) is 9.59 Å². The van der Waals surface area contributed by atoms with Gasteiger partial charge in [-0.1, -0.05) is 25.8 Å². The van der Waals surface area contributed by atoms with Crippen molar-refractivity contribution in [2.45, 2.75) is 32.6 Å². The largest absolute Gasteiger partial charge is 0.478 e. The molecule has 0 aliphatic heterocycles. The Labute approximate surface area is 106 Å².